The first-order chi connectivity index (χ1) is 11.3. The standard InChI is InChI=1S/C14H17F3N6O/c1-3-11(24)22-6-4-21(5-7-22)10-8-9(2)18-13-19-12(14(15,16)17)20-23(10)13/h8H,3-7H2,1-2H3. The van der Waals surface area contributed by atoms with E-state index in [1.165, 1.54) is 0 Å². The van der Waals surface area contributed by atoms with Crippen LogP contribution in [-0.4, -0.2) is 56.6 Å². The third-order valence-corrected chi connectivity index (χ3v) is 3.93. The van der Waals surface area contributed by atoms with Crippen LogP contribution in [0.3, 0.4) is 0 Å². The van der Waals surface area contributed by atoms with Crippen molar-refractivity contribution in [1.29, 1.82) is 0 Å². The summed E-state index contributed by atoms with van der Waals surface area (Å²) in [6.45, 7) is 5.59. The monoisotopic (exact) mass is 342 g/mol. The van der Waals surface area contributed by atoms with Gasteiger partial charge in [0.1, 0.15) is 5.82 Å². The first-order valence-corrected chi connectivity index (χ1v) is 7.64. The number of hydrogen-bond acceptors (Lipinski definition) is 5. The number of alkyl halides is 3. The Kier molecular flexibility index (Phi) is 4.06. The fourth-order valence-corrected chi connectivity index (χ4v) is 2.72. The van der Waals surface area contributed by atoms with Crippen molar-refractivity contribution in [3.8, 4) is 0 Å². The van der Waals surface area contributed by atoms with Crippen molar-refractivity contribution in [2.24, 2.45) is 0 Å². The molecule has 2 aromatic heterocycles. The van der Waals surface area contributed by atoms with Crippen molar-refractivity contribution in [3.63, 3.8) is 0 Å². The molecule has 0 radical (unpaired) electrons. The number of aryl methyl sites for hydroxylation is 1. The van der Waals surface area contributed by atoms with E-state index in [9.17, 15) is 18.0 Å². The molecule has 1 fully saturated rings. The number of carbonyl (C=O) groups is 1. The smallest absolute Gasteiger partial charge is 0.353 e. The molecule has 1 aliphatic rings. The Morgan fingerprint density at radius 3 is 2.46 bits per heavy atom. The normalized spacial score (nSPS) is 16.0. The minimum Gasteiger partial charge on any atom is -0.353 e. The van der Waals surface area contributed by atoms with Gasteiger partial charge in [0.25, 0.3) is 11.6 Å². The molecule has 0 aliphatic carbocycles. The first kappa shape index (κ1) is 16.5. The van der Waals surface area contributed by atoms with E-state index < -0.39 is 12.0 Å². The van der Waals surface area contributed by atoms with Gasteiger partial charge in [-0.15, -0.1) is 5.10 Å². The lowest BCUT2D eigenvalue weighted by Gasteiger charge is -2.35. The van der Waals surface area contributed by atoms with Gasteiger partial charge in [0.15, 0.2) is 0 Å². The van der Waals surface area contributed by atoms with Crippen LogP contribution in [0.25, 0.3) is 5.78 Å². The largest absolute Gasteiger partial charge is 0.453 e. The van der Waals surface area contributed by atoms with E-state index in [0.29, 0.717) is 44.1 Å². The molecule has 0 N–H and O–H groups in total. The summed E-state index contributed by atoms with van der Waals surface area (Å²) in [6, 6.07) is 1.68. The maximum absolute atomic E-state index is 12.9. The Labute approximate surface area is 136 Å². The topological polar surface area (TPSA) is 66.6 Å². The fourth-order valence-electron chi connectivity index (χ4n) is 2.72. The quantitative estimate of drug-likeness (QED) is 0.828. The van der Waals surface area contributed by atoms with E-state index in [2.05, 4.69) is 15.1 Å². The number of piperazine rings is 1. The van der Waals surface area contributed by atoms with Crippen molar-refractivity contribution in [1.82, 2.24) is 24.5 Å². The average Bonchev–Trinajstić information content (AvgIpc) is 2.97. The molecule has 130 valence electrons. The van der Waals surface area contributed by atoms with Gasteiger partial charge in [-0.2, -0.15) is 22.7 Å². The van der Waals surface area contributed by atoms with E-state index >= 15 is 0 Å². The minimum atomic E-state index is -4.62. The van der Waals surface area contributed by atoms with E-state index in [4.69, 9.17) is 0 Å². The van der Waals surface area contributed by atoms with Crippen molar-refractivity contribution >= 4 is 17.5 Å². The highest BCUT2D eigenvalue weighted by molar-refractivity contribution is 5.76. The summed E-state index contributed by atoms with van der Waals surface area (Å²) < 4.78 is 39.7. The zero-order valence-electron chi connectivity index (χ0n) is 13.3. The van der Waals surface area contributed by atoms with Gasteiger partial charge >= 0.3 is 6.18 Å². The van der Waals surface area contributed by atoms with Crippen LogP contribution in [0.2, 0.25) is 0 Å². The van der Waals surface area contributed by atoms with Gasteiger partial charge in [-0.05, 0) is 6.92 Å². The zero-order valence-corrected chi connectivity index (χ0v) is 13.3. The van der Waals surface area contributed by atoms with Crippen LogP contribution in [0.4, 0.5) is 19.0 Å². The Morgan fingerprint density at radius 1 is 1.21 bits per heavy atom. The summed E-state index contributed by atoms with van der Waals surface area (Å²) in [7, 11) is 0. The van der Waals surface area contributed by atoms with Crippen LogP contribution < -0.4 is 4.90 Å². The van der Waals surface area contributed by atoms with E-state index in [1.807, 2.05) is 4.90 Å². The third-order valence-electron chi connectivity index (χ3n) is 3.93. The molecule has 1 aliphatic heterocycles. The summed E-state index contributed by atoms with van der Waals surface area (Å²) in [5, 5.41) is 3.57. The molecule has 3 heterocycles. The van der Waals surface area contributed by atoms with Gasteiger partial charge in [0.2, 0.25) is 5.91 Å². The van der Waals surface area contributed by atoms with Gasteiger partial charge < -0.3 is 9.80 Å². The summed E-state index contributed by atoms with van der Waals surface area (Å²) in [6.07, 6.45) is -4.18. The predicted octanol–water partition coefficient (Wildman–Crippen LogP) is 1.51. The number of nitrogens with zero attached hydrogens (tertiary/aromatic N) is 6. The summed E-state index contributed by atoms with van der Waals surface area (Å²) in [5.41, 5.74) is 0.561. The molecule has 2 aromatic rings. The highest BCUT2D eigenvalue weighted by Crippen LogP contribution is 2.28. The SMILES string of the molecule is CCC(=O)N1CCN(c2cc(C)nc3nc(C(F)(F)F)nn23)CC1. The van der Waals surface area contributed by atoms with E-state index in [1.54, 1.807) is 24.8 Å². The summed E-state index contributed by atoms with van der Waals surface area (Å²) >= 11 is 0. The van der Waals surface area contributed by atoms with Crippen LogP contribution in [0, 0.1) is 6.92 Å². The number of amides is 1. The van der Waals surface area contributed by atoms with Crippen LogP contribution in [0.5, 0.6) is 0 Å². The molecule has 0 saturated carbocycles. The molecule has 1 amide bonds. The van der Waals surface area contributed by atoms with E-state index in [0.717, 1.165) is 4.52 Å². The molecule has 0 spiro atoms. The van der Waals surface area contributed by atoms with Crippen molar-refractivity contribution in [2.75, 3.05) is 31.1 Å². The van der Waals surface area contributed by atoms with Gasteiger partial charge in [0.05, 0.1) is 0 Å². The molecular formula is C14H17F3N6O. The summed E-state index contributed by atoms with van der Waals surface area (Å²) in [5.74, 6) is -0.707. The number of hydrogen-bond donors (Lipinski definition) is 0. The van der Waals surface area contributed by atoms with Crippen molar-refractivity contribution < 1.29 is 18.0 Å². The van der Waals surface area contributed by atoms with Gasteiger partial charge in [0, 0.05) is 44.4 Å². The number of halogens is 3. The Hall–Kier alpha value is -2.39. The fraction of sp³-hybridized carbons (Fsp3) is 0.571. The number of rotatable bonds is 2. The second-order valence-electron chi connectivity index (χ2n) is 5.62. The second-order valence-corrected chi connectivity index (χ2v) is 5.62. The molecule has 0 atom stereocenters. The lowest BCUT2D eigenvalue weighted by atomic mass is 10.2. The number of fused-ring (bicyclic) bond motifs is 1. The molecule has 10 heteroatoms. The molecule has 1 saturated heterocycles. The Bertz CT molecular complexity index is 764. The van der Waals surface area contributed by atoms with Gasteiger partial charge in [-0.25, -0.2) is 4.98 Å². The lowest BCUT2D eigenvalue weighted by Crippen LogP contribution is -2.49. The number of anilines is 1. The molecule has 0 aromatic carbocycles. The van der Waals surface area contributed by atoms with Crippen LogP contribution in [-0.2, 0) is 11.0 Å². The highest BCUT2D eigenvalue weighted by atomic mass is 19.4. The maximum atomic E-state index is 12.9. The molecule has 0 unspecified atom stereocenters. The third kappa shape index (κ3) is 3.00. The van der Waals surface area contributed by atoms with Crippen molar-refractivity contribution in [2.45, 2.75) is 26.4 Å². The van der Waals surface area contributed by atoms with Crippen LogP contribution in [0.1, 0.15) is 24.9 Å². The zero-order chi connectivity index (χ0) is 17.5. The predicted molar refractivity (Wildman–Crippen MR) is 79.6 cm³/mol. The molecule has 0 bridgehead atoms. The van der Waals surface area contributed by atoms with Gasteiger partial charge in [-0.1, -0.05) is 6.92 Å². The van der Waals surface area contributed by atoms with Crippen molar-refractivity contribution in [3.05, 3.63) is 17.6 Å². The molecule has 3 rings (SSSR count). The highest BCUT2D eigenvalue weighted by Gasteiger charge is 2.37. The number of carbonyl (C=O) groups excluding carboxylic acids is 1. The summed E-state index contributed by atoms with van der Waals surface area (Å²) in [4.78, 5) is 22.9. The maximum Gasteiger partial charge on any atom is 0.453 e. The number of aromatic nitrogens is 4. The molecular weight excluding hydrogens is 325 g/mol. The minimum absolute atomic E-state index is 0.0748. The molecule has 24 heavy (non-hydrogen) atoms. The molecule has 7 nitrogen and oxygen atoms in total. The second kappa shape index (κ2) is 5.91. The average molecular weight is 342 g/mol. The Balaban J connectivity index is 1.92. The van der Waals surface area contributed by atoms with Crippen LogP contribution >= 0.6 is 0 Å². The Morgan fingerprint density at radius 2 is 1.88 bits per heavy atom. The first-order valence-electron chi connectivity index (χ1n) is 7.64. The lowest BCUT2D eigenvalue weighted by molar-refractivity contribution is -0.144. The van der Waals surface area contributed by atoms with E-state index in [-0.39, 0.29) is 11.7 Å². The van der Waals surface area contributed by atoms with Gasteiger partial charge in [-0.3, -0.25) is 4.79 Å². The van der Waals surface area contributed by atoms with Crippen LogP contribution in [0.15, 0.2) is 6.07 Å².